The Morgan fingerprint density at radius 3 is 2.35 bits per heavy atom. The highest BCUT2D eigenvalue weighted by atomic mass is 19.1. The maximum atomic E-state index is 14.3. The second kappa shape index (κ2) is 13.5. The predicted molar refractivity (Wildman–Crippen MR) is 132 cm³/mol. The molecule has 0 spiro atoms. The minimum absolute atomic E-state index is 0.137. The SMILES string of the molecule is CCCC[C@H](F)C(=O)O[C@H]1CC[C@H](CCc2ccc(-c3ccc(OCCC)c(F)c3)cc2)CC1. The molecular weight excluding hydrogens is 434 g/mol. The van der Waals surface area contributed by atoms with Crippen molar-refractivity contribution in [2.75, 3.05) is 6.61 Å². The van der Waals surface area contributed by atoms with Crippen LogP contribution in [0.4, 0.5) is 8.78 Å². The topological polar surface area (TPSA) is 35.5 Å². The summed E-state index contributed by atoms with van der Waals surface area (Å²) in [6.45, 7) is 4.49. The lowest BCUT2D eigenvalue weighted by Gasteiger charge is -2.28. The number of carbonyl (C=O) groups is 1. The molecular formula is C29H38F2O3. The van der Waals surface area contributed by atoms with Crippen LogP contribution in [0.3, 0.4) is 0 Å². The van der Waals surface area contributed by atoms with Crippen molar-refractivity contribution in [3.8, 4) is 16.9 Å². The van der Waals surface area contributed by atoms with E-state index < -0.39 is 12.1 Å². The zero-order valence-corrected chi connectivity index (χ0v) is 20.5. The van der Waals surface area contributed by atoms with Gasteiger partial charge in [0.05, 0.1) is 6.61 Å². The predicted octanol–water partition coefficient (Wildman–Crippen LogP) is 7.84. The van der Waals surface area contributed by atoms with Crippen LogP contribution in [0.1, 0.15) is 77.2 Å². The molecule has 0 aromatic heterocycles. The van der Waals surface area contributed by atoms with Gasteiger partial charge >= 0.3 is 5.97 Å². The fraction of sp³-hybridized carbons (Fsp3) is 0.552. The van der Waals surface area contributed by atoms with Crippen LogP contribution in [0.5, 0.6) is 5.75 Å². The highest BCUT2D eigenvalue weighted by Gasteiger charge is 2.27. The zero-order chi connectivity index (χ0) is 24.3. The number of halogens is 2. The number of hydrogen-bond acceptors (Lipinski definition) is 3. The van der Waals surface area contributed by atoms with Crippen molar-refractivity contribution < 1.29 is 23.0 Å². The van der Waals surface area contributed by atoms with E-state index in [9.17, 15) is 13.6 Å². The van der Waals surface area contributed by atoms with E-state index in [1.54, 1.807) is 6.07 Å². The Labute approximate surface area is 202 Å². The van der Waals surface area contributed by atoms with E-state index in [1.807, 2.05) is 32.0 Å². The van der Waals surface area contributed by atoms with Gasteiger partial charge in [0.15, 0.2) is 17.7 Å². The number of unbranched alkanes of at least 4 members (excludes halogenated alkanes) is 1. The lowest BCUT2D eigenvalue weighted by molar-refractivity contribution is -0.157. The quantitative estimate of drug-likeness (QED) is 0.295. The van der Waals surface area contributed by atoms with E-state index in [2.05, 4.69) is 12.1 Å². The number of aryl methyl sites for hydroxylation is 1. The van der Waals surface area contributed by atoms with Gasteiger partial charge in [0.1, 0.15) is 6.10 Å². The molecule has 0 heterocycles. The van der Waals surface area contributed by atoms with E-state index in [1.165, 1.54) is 11.6 Å². The zero-order valence-electron chi connectivity index (χ0n) is 20.5. The first-order chi connectivity index (χ1) is 16.5. The third-order valence-corrected chi connectivity index (χ3v) is 6.67. The van der Waals surface area contributed by atoms with Crippen LogP contribution in [0.2, 0.25) is 0 Å². The summed E-state index contributed by atoms with van der Waals surface area (Å²) >= 11 is 0. The number of ether oxygens (including phenoxy) is 2. The molecule has 3 nitrogen and oxygen atoms in total. The first-order valence-electron chi connectivity index (χ1n) is 12.9. The second-order valence-electron chi connectivity index (χ2n) is 9.42. The molecule has 1 aliphatic rings. The number of carbonyl (C=O) groups excluding carboxylic acids is 1. The number of rotatable bonds is 12. The van der Waals surface area contributed by atoms with Gasteiger partial charge in [0.2, 0.25) is 0 Å². The van der Waals surface area contributed by atoms with E-state index >= 15 is 0 Å². The monoisotopic (exact) mass is 472 g/mol. The average Bonchev–Trinajstić information content (AvgIpc) is 2.86. The van der Waals surface area contributed by atoms with Crippen LogP contribution < -0.4 is 4.74 Å². The molecule has 2 aromatic rings. The van der Waals surface area contributed by atoms with Crippen LogP contribution in [0, 0.1) is 11.7 Å². The summed E-state index contributed by atoms with van der Waals surface area (Å²) < 4.78 is 38.9. The summed E-state index contributed by atoms with van der Waals surface area (Å²) in [5.74, 6) is -0.118. The molecule has 2 aromatic carbocycles. The molecule has 0 N–H and O–H groups in total. The van der Waals surface area contributed by atoms with Crippen LogP contribution >= 0.6 is 0 Å². The summed E-state index contributed by atoms with van der Waals surface area (Å²) in [4.78, 5) is 11.9. The molecule has 0 bridgehead atoms. The minimum Gasteiger partial charge on any atom is -0.491 e. The van der Waals surface area contributed by atoms with Gasteiger partial charge in [0, 0.05) is 0 Å². The van der Waals surface area contributed by atoms with Gasteiger partial charge in [-0.1, -0.05) is 57.0 Å². The fourth-order valence-electron chi connectivity index (χ4n) is 4.52. The van der Waals surface area contributed by atoms with Crippen molar-refractivity contribution in [2.45, 2.75) is 90.3 Å². The number of esters is 1. The Kier molecular flexibility index (Phi) is 10.4. The van der Waals surface area contributed by atoms with Crippen LogP contribution in [-0.4, -0.2) is 24.9 Å². The minimum atomic E-state index is -1.48. The molecule has 1 aliphatic carbocycles. The van der Waals surface area contributed by atoms with Gasteiger partial charge in [-0.05, 0) is 86.1 Å². The van der Waals surface area contributed by atoms with Crippen molar-refractivity contribution in [1.82, 2.24) is 0 Å². The molecule has 186 valence electrons. The standard InChI is InChI=1S/C29H38F2O3/c1-3-5-6-26(30)29(32)34-25-16-11-22(12-17-25)8-7-21-9-13-23(14-10-21)24-15-18-28(27(31)20-24)33-19-4-2/h9-10,13-15,18,20,22,25-26H,3-8,11-12,16-17,19H2,1-2H3/t22-,25-,26-/m0/s1. The van der Waals surface area contributed by atoms with Crippen LogP contribution in [-0.2, 0) is 16.0 Å². The largest absolute Gasteiger partial charge is 0.491 e. The maximum Gasteiger partial charge on any atom is 0.340 e. The highest BCUT2D eigenvalue weighted by Crippen LogP contribution is 2.31. The Morgan fingerprint density at radius 2 is 1.71 bits per heavy atom. The molecule has 0 aliphatic heterocycles. The average molecular weight is 473 g/mol. The maximum absolute atomic E-state index is 14.3. The molecule has 1 saturated carbocycles. The smallest absolute Gasteiger partial charge is 0.340 e. The molecule has 5 heteroatoms. The van der Waals surface area contributed by atoms with Crippen molar-refractivity contribution in [1.29, 1.82) is 0 Å². The molecule has 3 rings (SSSR count). The van der Waals surface area contributed by atoms with Gasteiger partial charge in [-0.2, -0.15) is 0 Å². The molecule has 0 radical (unpaired) electrons. The lowest BCUT2D eigenvalue weighted by atomic mass is 9.83. The van der Waals surface area contributed by atoms with Crippen molar-refractivity contribution in [3.05, 3.63) is 53.8 Å². The normalized spacial score (nSPS) is 18.9. The molecule has 0 amide bonds. The van der Waals surface area contributed by atoms with Gasteiger partial charge < -0.3 is 9.47 Å². The third-order valence-electron chi connectivity index (χ3n) is 6.67. The summed E-state index contributed by atoms with van der Waals surface area (Å²) in [5, 5.41) is 0. The lowest BCUT2D eigenvalue weighted by Crippen LogP contribution is -2.29. The van der Waals surface area contributed by atoms with Gasteiger partial charge in [-0.25, -0.2) is 13.6 Å². The number of hydrogen-bond donors (Lipinski definition) is 0. The van der Waals surface area contributed by atoms with Gasteiger partial charge in [0.25, 0.3) is 0 Å². The highest BCUT2D eigenvalue weighted by molar-refractivity contribution is 5.74. The Balaban J connectivity index is 1.42. The van der Waals surface area contributed by atoms with E-state index in [0.717, 1.165) is 62.5 Å². The molecule has 0 unspecified atom stereocenters. The molecule has 34 heavy (non-hydrogen) atoms. The Bertz CT molecular complexity index is 889. The summed E-state index contributed by atoms with van der Waals surface area (Å²) in [6.07, 6.45) is 6.79. The Hall–Kier alpha value is -2.43. The number of benzene rings is 2. The van der Waals surface area contributed by atoms with Crippen molar-refractivity contribution in [2.24, 2.45) is 5.92 Å². The third kappa shape index (κ3) is 7.82. The van der Waals surface area contributed by atoms with E-state index in [4.69, 9.17) is 9.47 Å². The second-order valence-corrected chi connectivity index (χ2v) is 9.42. The van der Waals surface area contributed by atoms with Crippen LogP contribution in [0.25, 0.3) is 11.1 Å². The van der Waals surface area contributed by atoms with Gasteiger partial charge in [-0.15, -0.1) is 0 Å². The molecule has 1 fully saturated rings. The summed E-state index contributed by atoms with van der Waals surface area (Å²) in [7, 11) is 0. The van der Waals surface area contributed by atoms with E-state index in [-0.39, 0.29) is 18.3 Å². The van der Waals surface area contributed by atoms with Crippen molar-refractivity contribution in [3.63, 3.8) is 0 Å². The van der Waals surface area contributed by atoms with Gasteiger partial charge in [-0.3, -0.25) is 0 Å². The first kappa shape index (κ1) is 26.2. The van der Waals surface area contributed by atoms with Crippen molar-refractivity contribution >= 4 is 5.97 Å². The fourth-order valence-corrected chi connectivity index (χ4v) is 4.52. The number of alkyl halides is 1. The van der Waals surface area contributed by atoms with E-state index in [0.29, 0.717) is 24.7 Å². The summed E-state index contributed by atoms with van der Waals surface area (Å²) in [6, 6.07) is 13.4. The Morgan fingerprint density at radius 1 is 1.00 bits per heavy atom. The summed E-state index contributed by atoms with van der Waals surface area (Å²) in [5.41, 5.74) is 3.08. The van der Waals surface area contributed by atoms with Crippen LogP contribution in [0.15, 0.2) is 42.5 Å². The first-order valence-corrected chi connectivity index (χ1v) is 12.9. The molecule has 1 atom stereocenters. The molecule has 0 saturated heterocycles.